The topological polar surface area (TPSA) is 76.8 Å². The predicted molar refractivity (Wildman–Crippen MR) is 137 cm³/mol. The van der Waals surface area contributed by atoms with Gasteiger partial charge in [0.25, 0.3) is 0 Å². The molecule has 1 amide bonds. The van der Waals surface area contributed by atoms with E-state index in [1.165, 1.54) is 0 Å². The van der Waals surface area contributed by atoms with Crippen molar-refractivity contribution in [3.05, 3.63) is 93.5 Å². The zero-order valence-electron chi connectivity index (χ0n) is 19.2. The molecule has 1 fully saturated rings. The fourth-order valence-corrected chi connectivity index (χ4v) is 4.70. The highest BCUT2D eigenvalue weighted by atomic mass is 35.5. The summed E-state index contributed by atoms with van der Waals surface area (Å²) >= 11 is 12.7. The summed E-state index contributed by atoms with van der Waals surface area (Å²) in [7, 11) is 0. The fourth-order valence-electron chi connectivity index (χ4n) is 4.31. The third kappa shape index (κ3) is 5.61. The Kier molecular flexibility index (Phi) is 7.94. The number of benzene rings is 3. The zero-order chi connectivity index (χ0) is 24.9. The Hall–Kier alpha value is -3.08. The Bertz CT molecular complexity index is 1230. The van der Waals surface area contributed by atoms with Gasteiger partial charge in [-0.1, -0.05) is 47.5 Å². The van der Waals surface area contributed by atoms with Crippen LogP contribution in [-0.2, 0) is 4.79 Å². The largest absolute Gasteiger partial charge is 0.491 e. The quantitative estimate of drug-likeness (QED) is 0.462. The normalized spacial score (nSPS) is 17.2. The molecule has 1 N–H and O–H groups in total. The lowest BCUT2D eigenvalue weighted by Gasteiger charge is -2.44. The van der Waals surface area contributed by atoms with Crippen LogP contribution in [0.15, 0.2) is 66.7 Å². The van der Waals surface area contributed by atoms with Crippen molar-refractivity contribution in [1.29, 1.82) is 5.26 Å². The van der Waals surface area contributed by atoms with E-state index >= 15 is 0 Å². The number of halogens is 2. The van der Waals surface area contributed by atoms with Gasteiger partial charge in [0.15, 0.2) is 0 Å². The summed E-state index contributed by atoms with van der Waals surface area (Å²) < 4.78 is 5.46. The maximum absolute atomic E-state index is 13.6. The summed E-state index contributed by atoms with van der Waals surface area (Å²) in [4.78, 5) is 17.5. The molecule has 1 heterocycles. The van der Waals surface area contributed by atoms with Crippen molar-refractivity contribution in [2.75, 3.05) is 31.2 Å². The van der Waals surface area contributed by atoms with E-state index in [0.29, 0.717) is 33.6 Å². The van der Waals surface area contributed by atoms with Crippen LogP contribution in [0.3, 0.4) is 0 Å². The standard InChI is InChI=1S/C27H25Cl2N3O3/c1-18(20-4-2-19(15-30)3-5-20)31-16-26(21-6-8-22(28)9-7-21)32(27(34)17-31)25-11-10-23(14-24(25)29)35-13-12-33/h2-11,14,18,26,33H,12-13,16-17H2,1H3/t18?,26-/m0/s1. The summed E-state index contributed by atoms with van der Waals surface area (Å²) in [5.41, 5.74) is 3.17. The van der Waals surface area contributed by atoms with Gasteiger partial charge in [-0.05, 0) is 54.4 Å². The van der Waals surface area contributed by atoms with Crippen molar-refractivity contribution >= 4 is 34.8 Å². The van der Waals surface area contributed by atoms with Gasteiger partial charge in [0.1, 0.15) is 12.4 Å². The van der Waals surface area contributed by atoms with E-state index < -0.39 is 0 Å². The molecule has 1 aliphatic rings. The Morgan fingerprint density at radius 1 is 1.11 bits per heavy atom. The van der Waals surface area contributed by atoms with E-state index in [-0.39, 0.29) is 37.7 Å². The maximum Gasteiger partial charge on any atom is 0.241 e. The van der Waals surface area contributed by atoms with Crippen molar-refractivity contribution < 1.29 is 14.6 Å². The van der Waals surface area contributed by atoms with Crippen molar-refractivity contribution in [2.24, 2.45) is 0 Å². The minimum absolute atomic E-state index is 0.0339. The van der Waals surface area contributed by atoms with Gasteiger partial charge in [-0.2, -0.15) is 5.26 Å². The number of aliphatic hydroxyl groups excluding tert-OH is 1. The van der Waals surface area contributed by atoms with Crippen LogP contribution in [0.25, 0.3) is 0 Å². The molecule has 2 atom stereocenters. The summed E-state index contributed by atoms with van der Waals surface area (Å²) in [5.74, 6) is 0.444. The van der Waals surface area contributed by atoms with Crippen LogP contribution in [0, 0.1) is 11.3 Å². The molecule has 180 valence electrons. The minimum atomic E-state index is -0.295. The molecule has 0 spiro atoms. The van der Waals surface area contributed by atoms with Gasteiger partial charge in [-0.3, -0.25) is 9.69 Å². The number of piperazine rings is 1. The number of nitrogens with zero attached hydrogens (tertiary/aromatic N) is 3. The van der Waals surface area contributed by atoms with Gasteiger partial charge >= 0.3 is 0 Å². The number of nitriles is 1. The molecule has 8 heteroatoms. The molecule has 0 bridgehead atoms. The average molecular weight is 510 g/mol. The Labute approximate surface area is 214 Å². The average Bonchev–Trinajstić information content (AvgIpc) is 2.87. The summed E-state index contributed by atoms with van der Waals surface area (Å²) in [6.45, 7) is 2.91. The third-order valence-electron chi connectivity index (χ3n) is 6.19. The number of carbonyl (C=O) groups excluding carboxylic acids is 1. The van der Waals surface area contributed by atoms with Gasteiger partial charge in [-0.25, -0.2) is 0 Å². The molecule has 1 aliphatic heterocycles. The fraction of sp³-hybridized carbons (Fsp3) is 0.259. The molecular formula is C27H25Cl2N3O3. The van der Waals surface area contributed by atoms with Crippen LogP contribution < -0.4 is 9.64 Å². The molecule has 0 radical (unpaired) electrons. The van der Waals surface area contributed by atoms with Gasteiger partial charge < -0.3 is 14.7 Å². The van der Waals surface area contributed by atoms with Gasteiger partial charge in [0.2, 0.25) is 5.91 Å². The minimum Gasteiger partial charge on any atom is -0.491 e. The van der Waals surface area contributed by atoms with Crippen LogP contribution >= 0.6 is 23.2 Å². The number of hydrogen-bond donors (Lipinski definition) is 1. The number of carbonyl (C=O) groups is 1. The third-order valence-corrected chi connectivity index (χ3v) is 6.74. The van der Waals surface area contributed by atoms with Gasteiger partial charge in [0.05, 0.1) is 41.5 Å². The molecule has 0 saturated carbocycles. The van der Waals surface area contributed by atoms with Crippen LogP contribution in [0.2, 0.25) is 10.0 Å². The van der Waals surface area contributed by atoms with Crippen molar-refractivity contribution in [2.45, 2.75) is 19.0 Å². The number of amides is 1. The lowest BCUT2D eigenvalue weighted by atomic mass is 9.97. The SMILES string of the molecule is CC(c1ccc(C#N)cc1)N1CC(=O)N(c2ccc(OCCO)cc2Cl)[C@H](c2ccc(Cl)cc2)C1. The highest BCUT2D eigenvalue weighted by molar-refractivity contribution is 6.34. The summed E-state index contributed by atoms with van der Waals surface area (Å²) in [6, 6.07) is 21.9. The first-order valence-electron chi connectivity index (χ1n) is 11.3. The first-order chi connectivity index (χ1) is 16.9. The second-order valence-electron chi connectivity index (χ2n) is 8.36. The highest BCUT2D eigenvalue weighted by Crippen LogP contribution is 2.39. The van der Waals surface area contributed by atoms with Crippen LogP contribution in [0.1, 0.15) is 35.7 Å². The molecule has 0 aliphatic carbocycles. The number of anilines is 1. The highest BCUT2D eigenvalue weighted by Gasteiger charge is 2.37. The molecule has 3 aromatic rings. The molecule has 1 saturated heterocycles. The lowest BCUT2D eigenvalue weighted by Crippen LogP contribution is -2.53. The van der Waals surface area contributed by atoms with Gasteiger partial charge in [-0.15, -0.1) is 0 Å². The van der Waals surface area contributed by atoms with Crippen LogP contribution in [-0.4, -0.2) is 42.2 Å². The molecule has 35 heavy (non-hydrogen) atoms. The molecular weight excluding hydrogens is 485 g/mol. The van der Waals surface area contributed by atoms with E-state index in [2.05, 4.69) is 17.9 Å². The number of hydrogen-bond acceptors (Lipinski definition) is 5. The van der Waals surface area contributed by atoms with Crippen LogP contribution in [0.5, 0.6) is 5.75 Å². The number of aliphatic hydroxyl groups is 1. The Morgan fingerprint density at radius 3 is 2.46 bits per heavy atom. The second kappa shape index (κ2) is 11.1. The molecule has 4 rings (SSSR count). The van der Waals surface area contributed by atoms with E-state index in [0.717, 1.165) is 11.1 Å². The molecule has 3 aromatic carbocycles. The van der Waals surface area contributed by atoms with Gasteiger partial charge in [0, 0.05) is 23.7 Å². The number of rotatable bonds is 7. The van der Waals surface area contributed by atoms with Crippen LogP contribution in [0.4, 0.5) is 5.69 Å². The Morgan fingerprint density at radius 2 is 1.83 bits per heavy atom. The van der Waals surface area contributed by atoms with Crippen molar-refractivity contribution in [3.63, 3.8) is 0 Å². The first-order valence-corrected chi connectivity index (χ1v) is 12.0. The van der Waals surface area contributed by atoms with Crippen molar-refractivity contribution in [1.82, 2.24) is 4.90 Å². The van der Waals surface area contributed by atoms with E-state index in [9.17, 15) is 4.79 Å². The zero-order valence-corrected chi connectivity index (χ0v) is 20.7. The maximum atomic E-state index is 13.6. The molecule has 6 nitrogen and oxygen atoms in total. The van der Waals surface area contributed by atoms with E-state index in [4.69, 9.17) is 38.3 Å². The Balaban J connectivity index is 1.67. The predicted octanol–water partition coefficient (Wildman–Crippen LogP) is 5.39. The number of ether oxygens (including phenoxy) is 1. The lowest BCUT2D eigenvalue weighted by molar-refractivity contribution is -0.123. The molecule has 0 aromatic heterocycles. The summed E-state index contributed by atoms with van der Waals surface area (Å²) in [6.07, 6.45) is 0. The first kappa shape index (κ1) is 25.0. The molecule has 1 unspecified atom stereocenters. The monoisotopic (exact) mass is 509 g/mol. The smallest absolute Gasteiger partial charge is 0.241 e. The second-order valence-corrected chi connectivity index (χ2v) is 9.20. The summed E-state index contributed by atoms with van der Waals surface area (Å²) in [5, 5.41) is 19.1. The van der Waals surface area contributed by atoms with E-state index in [1.54, 1.807) is 35.2 Å². The van der Waals surface area contributed by atoms with Crippen molar-refractivity contribution in [3.8, 4) is 11.8 Å². The van der Waals surface area contributed by atoms with E-state index in [1.807, 2.05) is 36.4 Å².